The number of hydrogen-bond acceptors (Lipinski definition) is 4. The normalized spacial score (nSPS) is 22.1. The van der Waals surface area contributed by atoms with Crippen molar-refractivity contribution in [2.75, 3.05) is 25.4 Å². The number of fused-ring (bicyclic) bond motifs is 1. The van der Waals surface area contributed by atoms with Crippen LogP contribution in [0.3, 0.4) is 0 Å². The van der Waals surface area contributed by atoms with Crippen molar-refractivity contribution >= 4 is 15.9 Å². The number of nitrogens with zero attached hydrogens (tertiary/aromatic N) is 1. The molecule has 2 aliphatic rings. The molecular formula is C16H22N2O4S. The number of carbonyl (C=O) groups excluding carboxylic acids is 1. The summed E-state index contributed by atoms with van der Waals surface area (Å²) >= 11 is 0. The van der Waals surface area contributed by atoms with Crippen molar-refractivity contribution in [2.24, 2.45) is 0 Å². The van der Waals surface area contributed by atoms with Crippen molar-refractivity contribution in [1.82, 2.24) is 9.62 Å². The van der Waals surface area contributed by atoms with E-state index >= 15 is 0 Å². The zero-order valence-corrected chi connectivity index (χ0v) is 14.1. The molecule has 0 radical (unpaired) electrons. The summed E-state index contributed by atoms with van der Waals surface area (Å²) in [6, 6.07) is 5.21. The average molecular weight is 338 g/mol. The van der Waals surface area contributed by atoms with Crippen molar-refractivity contribution in [1.29, 1.82) is 0 Å². The highest BCUT2D eigenvalue weighted by Gasteiger charge is 2.32. The van der Waals surface area contributed by atoms with Gasteiger partial charge in [0, 0.05) is 19.5 Å². The molecule has 0 aliphatic carbocycles. The van der Waals surface area contributed by atoms with Crippen molar-refractivity contribution in [3.8, 4) is 5.75 Å². The lowest BCUT2D eigenvalue weighted by molar-refractivity contribution is -0.123. The summed E-state index contributed by atoms with van der Waals surface area (Å²) in [6.07, 6.45) is 1.96. The van der Waals surface area contributed by atoms with Gasteiger partial charge in [0.05, 0.1) is 12.4 Å². The molecule has 0 spiro atoms. The van der Waals surface area contributed by atoms with E-state index in [1.54, 1.807) is 6.92 Å². The Kier molecular flexibility index (Phi) is 4.59. The maximum atomic E-state index is 12.6. The Bertz CT molecular complexity index is 702. The summed E-state index contributed by atoms with van der Waals surface area (Å²) in [5.41, 5.74) is 2.13. The molecular weight excluding hydrogens is 316 g/mol. The number of ether oxygens (including phenoxy) is 1. The van der Waals surface area contributed by atoms with E-state index in [-0.39, 0.29) is 11.7 Å². The van der Waals surface area contributed by atoms with Crippen molar-refractivity contribution < 1.29 is 17.9 Å². The molecule has 1 aromatic rings. The monoisotopic (exact) mass is 338 g/mol. The second-order valence-electron chi connectivity index (χ2n) is 6.04. The Morgan fingerprint density at radius 3 is 3.04 bits per heavy atom. The van der Waals surface area contributed by atoms with Crippen LogP contribution in [0.25, 0.3) is 0 Å². The zero-order valence-electron chi connectivity index (χ0n) is 13.2. The van der Waals surface area contributed by atoms with Crippen LogP contribution in [-0.2, 0) is 27.7 Å². The molecule has 1 amide bonds. The number of amides is 1. The van der Waals surface area contributed by atoms with Gasteiger partial charge >= 0.3 is 0 Å². The van der Waals surface area contributed by atoms with E-state index in [1.165, 1.54) is 4.31 Å². The van der Waals surface area contributed by atoms with Gasteiger partial charge in [-0.15, -0.1) is 0 Å². The van der Waals surface area contributed by atoms with Gasteiger partial charge in [0.25, 0.3) is 0 Å². The van der Waals surface area contributed by atoms with Crippen molar-refractivity contribution in [3.05, 3.63) is 29.3 Å². The summed E-state index contributed by atoms with van der Waals surface area (Å²) in [7, 11) is -3.46. The summed E-state index contributed by atoms with van der Waals surface area (Å²) in [6.45, 7) is 3.25. The third-order valence-corrected chi connectivity index (χ3v) is 6.36. The molecule has 2 aliphatic heterocycles. The van der Waals surface area contributed by atoms with Crippen LogP contribution in [0.4, 0.5) is 0 Å². The fraction of sp³-hybridized carbons (Fsp3) is 0.562. The maximum Gasteiger partial charge on any atom is 0.238 e. The maximum absolute atomic E-state index is 12.6. The molecule has 126 valence electrons. The lowest BCUT2D eigenvalue weighted by atomic mass is 10.1. The molecule has 0 aromatic heterocycles. The third-order valence-electron chi connectivity index (χ3n) is 4.43. The Labute approximate surface area is 136 Å². The third kappa shape index (κ3) is 3.50. The molecule has 1 saturated heterocycles. The minimum absolute atomic E-state index is 0.0181. The van der Waals surface area contributed by atoms with E-state index in [4.69, 9.17) is 4.74 Å². The van der Waals surface area contributed by atoms with Gasteiger partial charge in [0.15, 0.2) is 0 Å². The Hall–Kier alpha value is -1.60. The number of hydrogen-bond donors (Lipinski definition) is 1. The zero-order chi connectivity index (χ0) is 16.4. The predicted octanol–water partition coefficient (Wildman–Crippen LogP) is 0.704. The summed E-state index contributed by atoms with van der Waals surface area (Å²) in [5.74, 6) is 0.694. The number of carbonyl (C=O) groups is 1. The van der Waals surface area contributed by atoms with Crippen LogP contribution >= 0.6 is 0 Å². The van der Waals surface area contributed by atoms with Crippen LogP contribution in [-0.4, -0.2) is 50.1 Å². The molecule has 23 heavy (non-hydrogen) atoms. The lowest BCUT2D eigenvalue weighted by Crippen LogP contribution is -2.46. The molecule has 0 bridgehead atoms. The summed E-state index contributed by atoms with van der Waals surface area (Å²) in [5, 5.41) is 2.74. The van der Waals surface area contributed by atoms with Crippen LogP contribution in [0, 0.1) is 0 Å². The first kappa shape index (κ1) is 16.3. The molecule has 1 N–H and O–H groups in total. The molecule has 2 heterocycles. The van der Waals surface area contributed by atoms with Crippen LogP contribution in [0.5, 0.6) is 5.75 Å². The van der Waals surface area contributed by atoms with E-state index in [9.17, 15) is 13.2 Å². The molecule has 1 aromatic carbocycles. The van der Waals surface area contributed by atoms with Gasteiger partial charge in [-0.1, -0.05) is 12.1 Å². The van der Waals surface area contributed by atoms with Gasteiger partial charge in [-0.2, -0.15) is 4.31 Å². The highest BCUT2D eigenvalue weighted by atomic mass is 32.2. The molecule has 1 atom stereocenters. The second kappa shape index (κ2) is 6.49. The van der Waals surface area contributed by atoms with Gasteiger partial charge in [0.2, 0.25) is 15.9 Å². The largest absolute Gasteiger partial charge is 0.493 e. The number of benzene rings is 1. The standard InChI is InChI=1S/C16H22N2O4S/c1-12-16(19)17-7-2-8-18(12)23(20,21)10-6-13-3-4-15-14(11-13)5-9-22-15/h3-4,11-12H,2,5-10H2,1H3,(H,17,19)/t12-/m1/s1. The highest BCUT2D eigenvalue weighted by Crippen LogP contribution is 2.26. The van der Waals surface area contributed by atoms with E-state index in [1.807, 2.05) is 18.2 Å². The predicted molar refractivity (Wildman–Crippen MR) is 86.9 cm³/mol. The number of sulfonamides is 1. The van der Waals surface area contributed by atoms with E-state index in [0.717, 1.165) is 23.3 Å². The van der Waals surface area contributed by atoms with Gasteiger partial charge in [0.1, 0.15) is 11.8 Å². The van der Waals surface area contributed by atoms with Crippen LogP contribution < -0.4 is 10.1 Å². The molecule has 3 rings (SSSR count). The number of rotatable bonds is 4. The van der Waals surface area contributed by atoms with E-state index < -0.39 is 16.1 Å². The fourth-order valence-corrected chi connectivity index (χ4v) is 4.77. The lowest BCUT2D eigenvalue weighted by Gasteiger charge is -2.24. The Morgan fingerprint density at radius 2 is 2.22 bits per heavy atom. The molecule has 7 heteroatoms. The number of aryl methyl sites for hydroxylation is 1. The summed E-state index contributed by atoms with van der Waals surface area (Å²) < 4.78 is 32.0. The van der Waals surface area contributed by atoms with Gasteiger partial charge in [-0.05, 0) is 37.0 Å². The van der Waals surface area contributed by atoms with Crippen molar-refractivity contribution in [3.63, 3.8) is 0 Å². The minimum Gasteiger partial charge on any atom is -0.493 e. The average Bonchev–Trinajstić information content (AvgIpc) is 2.92. The molecule has 6 nitrogen and oxygen atoms in total. The topological polar surface area (TPSA) is 75.7 Å². The Morgan fingerprint density at radius 1 is 1.39 bits per heavy atom. The van der Waals surface area contributed by atoms with Crippen LogP contribution in [0.2, 0.25) is 0 Å². The summed E-state index contributed by atoms with van der Waals surface area (Å²) in [4.78, 5) is 11.8. The molecule has 0 unspecified atom stereocenters. The highest BCUT2D eigenvalue weighted by molar-refractivity contribution is 7.89. The first-order valence-electron chi connectivity index (χ1n) is 7.99. The number of nitrogens with one attached hydrogen (secondary N) is 1. The van der Waals surface area contributed by atoms with Crippen LogP contribution in [0.1, 0.15) is 24.5 Å². The minimum atomic E-state index is -3.46. The first-order valence-corrected chi connectivity index (χ1v) is 9.60. The molecule has 1 fully saturated rings. The van der Waals surface area contributed by atoms with Crippen molar-refractivity contribution in [2.45, 2.75) is 32.2 Å². The fourth-order valence-electron chi connectivity index (χ4n) is 3.06. The quantitative estimate of drug-likeness (QED) is 0.877. The second-order valence-corrected chi connectivity index (χ2v) is 8.08. The van der Waals surface area contributed by atoms with Gasteiger partial charge in [-0.25, -0.2) is 8.42 Å². The van der Waals surface area contributed by atoms with Crippen LogP contribution in [0.15, 0.2) is 18.2 Å². The van der Waals surface area contributed by atoms with Gasteiger partial charge < -0.3 is 10.1 Å². The van der Waals surface area contributed by atoms with E-state index in [0.29, 0.717) is 32.5 Å². The van der Waals surface area contributed by atoms with E-state index in [2.05, 4.69) is 5.32 Å². The first-order chi connectivity index (χ1) is 11.0. The Balaban J connectivity index is 1.69. The molecule has 0 saturated carbocycles. The smallest absolute Gasteiger partial charge is 0.238 e. The van der Waals surface area contributed by atoms with Gasteiger partial charge in [-0.3, -0.25) is 4.79 Å². The SMILES string of the molecule is C[C@@H]1C(=O)NCCCN1S(=O)(=O)CCc1ccc2c(c1)CCO2.